The number of nitrogens with zero attached hydrogens (tertiary/aromatic N) is 7. The molecular weight excluding hydrogens is 470 g/mol. The Hall–Kier alpha value is -3.58. The quantitative estimate of drug-likeness (QED) is 0.494. The van der Waals surface area contributed by atoms with E-state index in [2.05, 4.69) is 39.1 Å². The van der Waals surface area contributed by atoms with Gasteiger partial charge in [-0.25, -0.2) is 4.98 Å². The number of hydrogen-bond donors (Lipinski definition) is 2. The topological polar surface area (TPSA) is 154 Å². The summed E-state index contributed by atoms with van der Waals surface area (Å²) < 4.78 is 7.28. The highest BCUT2D eigenvalue weighted by Crippen LogP contribution is 2.44. The number of carbonyl (C=O) groups excluding carboxylic acids is 1. The van der Waals surface area contributed by atoms with Gasteiger partial charge in [-0.3, -0.25) is 14.4 Å². The van der Waals surface area contributed by atoms with Gasteiger partial charge in [0.2, 0.25) is 5.91 Å². The van der Waals surface area contributed by atoms with Gasteiger partial charge in [0.25, 0.3) is 12.9 Å². The Morgan fingerprint density at radius 1 is 1.19 bits per heavy atom. The molecule has 2 aromatic heterocycles. The van der Waals surface area contributed by atoms with Crippen LogP contribution in [0.2, 0.25) is 0 Å². The third kappa shape index (κ3) is 6.98. The van der Waals surface area contributed by atoms with E-state index in [1.165, 1.54) is 0 Å². The molecule has 2 aliphatic heterocycles. The van der Waals surface area contributed by atoms with Gasteiger partial charge < -0.3 is 34.2 Å². The van der Waals surface area contributed by atoms with Crippen molar-refractivity contribution in [2.24, 2.45) is 18.4 Å². The summed E-state index contributed by atoms with van der Waals surface area (Å²) in [5, 5.41) is 22.7. The van der Waals surface area contributed by atoms with Crippen molar-refractivity contribution in [2.75, 3.05) is 64.9 Å². The first-order valence-electron chi connectivity index (χ1n) is 11.5. The van der Waals surface area contributed by atoms with Gasteiger partial charge >= 0.3 is 0 Å². The number of carboxylic acid groups (broad SMARTS) is 2. The number of hydrogen-bond acceptors (Lipinski definition) is 9. The second kappa shape index (κ2) is 13.5. The van der Waals surface area contributed by atoms with Gasteiger partial charge in [0.15, 0.2) is 11.6 Å². The van der Waals surface area contributed by atoms with Gasteiger partial charge in [-0.2, -0.15) is 0 Å². The Morgan fingerprint density at radius 2 is 1.89 bits per heavy atom. The maximum absolute atomic E-state index is 12.5. The standard InChI is InChI=1S/C21H31N7O2.2CH2O2/c1-5-30-12-19(29)28-11-16-10-27(14-21(16,15-28)13-25(2)3)18-7-6-17(23-24-18)20-22-8-9-26(20)4;2*2-1-3/h6-9,16H,5,10-15H2,1-4H3;2*1H,(H,2,3)/t16-,21+;;/m0../s1. The van der Waals surface area contributed by atoms with E-state index in [4.69, 9.17) is 24.5 Å². The zero-order valence-electron chi connectivity index (χ0n) is 21.1. The molecule has 2 aromatic rings. The second-order valence-corrected chi connectivity index (χ2v) is 8.94. The van der Waals surface area contributed by atoms with Crippen LogP contribution in [0.5, 0.6) is 0 Å². The molecule has 2 N–H and O–H groups in total. The summed E-state index contributed by atoms with van der Waals surface area (Å²) >= 11 is 0. The van der Waals surface area contributed by atoms with Crippen LogP contribution < -0.4 is 4.90 Å². The van der Waals surface area contributed by atoms with Gasteiger partial charge in [-0.15, -0.1) is 10.2 Å². The zero-order chi connectivity index (χ0) is 26.7. The van der Waals surface area contributed by atoms with Crippen molar-refractivity contribution in [1.29, 1.82) is 0 Å². The Kier molecular flexibility index (Phi) is 10.7. The zero-order valence-corrected chi connectivity index (χ0v) is 21.1. The van der Waals surface area contributed by atoms with Crippen molar-refractivity contribution >= 4 is 24.7 Å². The maximum Gasteiger partial charge on any atom is 0.290 e. The van der Waals surface area contributed by atoms with E-state index < -0.39 is 0 Å². The highest BCUT2D eigenvalue weighted by Gasteiger charge is 2.53. The third-order valence-electron chi connectivity index (χ3n) is 6.20. The maximum atomic E-state index is 12.5. The van der Waals surface area contributed by atoms with Crippen molar-refractivity contribution in [1.82, 2.24) is 29.5 Å². The number of rotatable bonds is 7. The molecule has 2 atom stereocenters. The predicted molar refractivity (Wildman–Crippen MR) is 131 cm³/mol. The predicted octanol–water partition coefficient (Wildman–Crippen LogP) is 0.142. The van der Waals surface area contributed by atoms with E-state index >= 15 is 0 Å². The summed E-state index contributed by atoms with van der Waals surface area (Å²) in [6, 6.07) is 4.01. The van der Waals surface area contributed by atoms with Gasteiger partial charge in [0.05, 0.1) is 0 Å². The number of anilines is 1. The van der Waals surface area contributed by atoms with Crippen LogP contribution in [-0.2, 0) is 26.2 Å². The first-order valence-corrected chi connectivity index (χ1v) is 11.5. The third-order valence-corrected chi connectivity index (χ3v) is 6.20. The molecule has 13 heteroatoms. The van der Waals surface area contributed by atoms with Crippen LogP contribution in [0, 0.1) is 11.3 Å². The second-order valence-electron chi connectivity index (χ2n) is 8.94. The van der Waals surface area contributed by atoms with Crippen molar-refractivity contribution in [3.05, 3.63) is 24.5 Å². The number of aryl methyl sites for hydroxylation is 1. The fraction of sp³-hybridized carbons (Fsp3) is 0.565. The summed E-state index contributed by atoms with van der Waals surface area (Å²) in [5.74, 6) is 2.18. The van der Waals surface area contributed by atoms with Crippen LogP contribution in [0.25, 0.3) is 11.5 Å². The molecule has 1 amide bonds. The Morgan fingerprint density at radius 3 is 2.42 bits per heavy atom. The van der Waals surface area contributed by atoms with Crippen LogP contribution >= 0.6 is 0 Å². The van der Waals surface area contributed by atoms with E-state index in [1.807, 2.05) is 41.8 Å². The van der Waals surface area contributed by atoms with E-state index in [0.29, 0.717) is 12.5 Å². The van der Waals surface area contributed by atoms with Crippen LogP contribution in [-0.4, -0.2) is 119 Å². The molecule has 4 rings (SSSR count). The molecule has 0 radical (unpaired) electrons. The summed E-state index contributed by atoms with van der Waals surface area (Å²) in [6.07, 6.45) is 3.66. The number of ether oxygens (including phenoxy) is 1. The minimum atomic E-state index is -0.250. The SMILES string of the molecule is CCOCC(=O)N1C[C@@H]2CN(c3ccc(-c4nccn4C)nn3)C[C@]2(CN(C)C)C1.O=CO.O=CO. The lowest BCUT2D eigenvalue weighted by molar-refractivity contribution is -0.135. The molecule has 4 heterocycles. The molecule has 2 aliphatic rings. The number of likely N-dealkylation sites (tertiary alicyclic amines) is 1. The average molecular weight is 506 g/mol. The van der Waals surface area contributed by atoms with Crippen LogP contribution in [0.3, 0.4) is 0 Å². The molecule has 2 saturated heterocycles. The molecule has 0 aliphatic carbocycles. The lowest BCUT2D eigenvalue weighted by Gasteiger charge is -2.32. The molecule has 0 bridgehead atoms. The minimum Gasteiger partial charge on any atom is -0.483 e. The van der Waals surface area contributed by atoms with Crippen molar-refractivity contribution < 1.29 is 29.3 Å². The molecule has 0 aromatic carbocycles. The van der Waals surface area contributed by atoms with Crippen molar-refractivity contribution in [3.63, 3.8) is 0 Å². The van der Waals surface area contributed by atoms with Crippen LogP contribution in [0.15, 0.2) is 24.5 Å². The van der Waals surface area contributed by atoms with E-state index in [9.17, 15) is 4.79 Å². The van der Waals surface area contributed by atoms with E-state index in [-0.39, 0.29) is 30.9 Å². The number of imidazole rings is 1. The summed E-state index contributed by atoms with van der Waals surface area (Å²) in [7, 11) is 6.14. The molecule has 2 fully saturated rings. The fourth-order valence-electron chi connectivity index (χ4n) is 4.90. The molecule has 0 saturated carbocycles. The Balaban J connectivity index is 0.000000693. The number of amides is 1. The first-order chi connectivity index (χ1) is 17.2. The molecule has 198 valence electrons. The van der Waals surface area contributed by atoms with Crippen LogP contribution in [0.4, 0.5) is 5.82 Å². The number of fused-ring (bicyclic) bond motifs is 1. The normalized spacial score (nSPS) is 20.2. The van der Waals surface area contributed by atoms with Gasteiger partial charge in [0, 0.05) is 70.1 Å². The molecule has 0 unspecified atom stereocenters. The summed E-state index contributed by atoms with van der Waals surface area (Å²) in [5.41, 5.74) is 0.798. The monoisotopic (exact) mass is 505 g/mol. The Labute approximate surface area is 210 Å². The molecule has 36 heavy (non-hydrogen) atoms. The summed E-state index contributed by atoms with van der Waals surface area (Å²) in [6.45, 7) is 6.36. The van der Waals surface area contributed by atoms with Gasteiger partial charge in [-0.05, 0) is 33.2 Å². The molecular formula is C23H35N7O6. The van der Waals surface area contributed by atoms with Crippen molar-refractivity contribution in [2.45, 2.75) is 6.92 Å². The lowest BCUT2D eigenvalue weighted by atomic mass is 9.80. The Bertz CT molecular complexity index is 978. The highest BCUT2D eigenvalue weighted by atomic mass is 16.5. The van der Waals surface area contributed by atoms with Crippen molar-refractivity contribution in [3.8, 4) is 11.5 Å². The van der Waals surface area contributed by atoms with E-state index in [1.54, 1.807) is 6.20 Å². The average Bonchev–Trinajstić information content (AvgIpc) is 3.50. The van der Waals surface area contributed by atoms with Gasteiger partial charge in [0.1, 0.15) is 12.3 Å². The highest BCUT2D eigenvalue weighted by molar-refractivity contribution is 5.78. The smallest absolute Gasteiger partial charge is 0.290 e. The number of carbonyl (C=O) groups is 3. The first kappa shape index (κ1) is 28.7. The van der Waals surface area contributed by atoms with Gasteiger partial charge in [-0.1, -0.05) is 0 Å². The lowest BCUT2D eigenvalue weighted by Crippen LogP contribution is -2.43. The summed E-state index contributed by atoms with van der Waals surface area (Å²) in [4.78, 5) is 40.1. The fourth-order valence-corrected chi connectivity index (χ4v) is 4.90. The largest absolute Gasteiger partial charge is 0.483 e. The minimum absolute atomic E-state index is 0.0331. The number of aromatic nitrogens is 4. The van der Waals surface area contributed by atoms with E-state index in [0.717, 1.165) is 50.1 Å². The molecule has 0 spiro atoms. The molecule has 13 nitrogen and oxygen atoms in total. The van der Waals surface area contributed by atoms with Crippen LogP contribution in [0.1, 0.15) is 6.92 Å².